The highest BCUT2D eigenvalue weighted by molar-refractivity contribution is 6.34. The quantitative estimate of drug-likeness (QED) is 0.256. The lowest BCUT2D eigenvalue weighted by molar-refractivity contribution is 0.0939. The number of nitrogens with zero attached hydrogens (tertiary/aromatic N) is 5. The zero-order chi connectivity index (χ0) is 27.3. The summed E-state index contributed by atoms with van der Waals surface area (Å²) in [5.41, 5.74) is 6.22. The highest BCUT2D eigenvalue weighted by Crippen LogP contribution is 2.53. The molecule has 8 heteroatoms. The number of nitrogens with one attached hydrogen (secondary N) is 1. The van der Waals surface area contributed by atoms with Crippen molar-refractivity contribution < 1.29 is 4.79 Å². The smallest absolute Gasteiger partial charge is 0.253 e. The average Bonchev–Trinajstić information content (AvgIpc) is 3.69. The number of aromatic nitrogens is 5. The predicted molar refractivity (Wildman–Crippen MR) is 155 cm³/mol. The molecule has 0 radical (unpaired) electrons. The van der Waals surface area contributed by atoms with Crippen molar-refractivity contribution in [3.05, 3.63) is 125 Å². The molecular weight excluding hydrogens is 520 g/mol. The van der Waals surface area contributed by atoms with Crippen molar-refractivity contribution in [3.63, 3.8) is 0 Å². The highest BCUT2D eigenvalue weighted by Gasteiger charge is 2.48. The van der Waals surface area contributed by atoms with Crippen LogP contribution in [0, 0.1) is 0 Å². The second-order valence-electron chi connectivity index (χ2n) is 10.3. The summed E-state index contributed by atoms with van der Waals surface area (Å²) >= 11 is 6.62. The number of benzene rings is 2. The van der Waals surface area contributed by atoms with E-state index in [0.29, 0.717) is 16.4 Å². The molecule has 7 nitrogen and oxygen atoms in total. The van der Waals surface area contributed by atoms with Crippen LogP contribution in [0.5, 0.6) is 0 Å². The summed E-state index contributed by atoms with van der Waals surface area (Å²) in [5, 5.41) is 4.48. The van der Waals surface area contributed by atoms with E-state index in [4.69, 9.17) is 11.6 Å². The van der Waals surface area contributed by atoms with Gasteiger partial charge < -0.3 is 5.32 Å². The number of carbonyl (C=O) groups is 1. The minimum absolute atomic E-state index is 0.104. The van der Waals surface area contributed by atoms with Crippen LogP contribution in [0.3, 0.4) is 0 Å². The number of hydrogen-bond acceptors (Lipinski definition) is 5. The van der Waals surface area contributed by atoms with Gasteiger partial charge in [0, 0.05) is 41.2 Å². The molecule has 196 valence electrons. The Labute approximate surface area is 235 Å². The van der Waals surface area contributed by atoms with Crippen molar-refractivity contribution in [1.29, 1.82) is 0 Å². The fourth-order valence-electron chi connectivity index (χ4n) is 5.43. The maximum absolute atomic E-state index is 13.0. The van der Waals surface area contributed by atoms with Gasteiger partial charge in [0.1, 0.15) is 0 Å². The largest absolute Gasteiger partial charge is 0.344 e. The van der Waals surface area contributed by atoms with Crippen molar-refractivity contribution in [1.82, 2.24) is 29.7 Å². The Kier molecular flexibility index (Phi) is 5.82. The van der Waals surface area contributed by atoms with E-state index < -0.39 is 0 Å². The van der Waals surface area contributed by atoms with Gasteiger partial charge in [-0.05, 0) is 73.4 Å². The van der Waals surface area contributed by atoms with Gasteiger partial charge in [-0.2, -0.15) is 0 Å². The molecule has 1 aliphatic carbocycles. The Morgan fingerprint density at radius 3 is 2.58 bits per heavy atom. The van der Waals surface area contributed by atoms with E-state index in [1.54, 1.807) is 18.5 Å². The molecule has 0 bridgehead atoms. The molecular formula is C32H25ClN6O. The molecule has 1 aliphatic rings. The number of pyridine rings is 2. The molecule has 0 saturated heterocycles. The summed E-state index contributed by atoms with van der Waals surface area (Å²) in [6, 6.07) is 21.4. The number of hydrogen-bond donors (Lipinski definition) is 1. The van der Waals surface area contributed by atoms with Crippen LogP contribution in [-0.2, 0) is 5.41 Å². The third-order valence-electron chi connectivity index (χ3n) is 7.79. The second-order valence-corrected chi connectivity index (χ2v) is 10.7. The number of carbonyl (C=O) groups excluding carboxylic acids is 1. The molecule has 40 heavy (non-hydrogen) atoms. The minimum atomic E-state index is -0.249. The summed E-state index contributed by atoms with van der Waals surface area (Å²) in [6.45, 7) is 1.90. The predicted octanol–water partition coefficient (Wildman–Crippen LogP) is 6.56. The van der Waals surface area contributed by atoms with Gasteiger partial charge in [-0.25, -0.2) is 9.97 Å². The summed E-state index contributed by atoms with van der Waals surface area (Å²) in [6.07, 6.45) is 11.4. The highest BCUT2D eigenvalue weighted by atomic mass is 35.5. The number of rotatable bonds is 6. The lowest BCUT2D eigenvalue weighted by atomic mass is 9.91. The lowest BCUT2D eigenvalue weighted by Crippen LogP contribution is -2.27. The Hall–Kier alpha value is -4.62. The van der Waals surface area contributed by atoms with Crippen molar-refractivity contribution in [2.75, 3.05) is 0 Å². The molecule has 1 saturated carbocycles. The fraction of sp³-hybridized carbons (Fsp3) is 0.156. The topological polar surface area (TPSA) is 85.1 Å². The van der Waals surface area contributed by atoms with Gasteiger partial charge in [-0.3, -0.25) is 19.2 Å². The van der Waals surface area contributed by atoms with E-state index in [9.17, 15) is 4.79 Å². The first-order valence-electron chi connectivity index (χ1n) is 13.2. The minimum Gasteiger partial charge on any atom is -0.344 e. The zero-order valence-electron chi connectivity index (χ0n) is 21.8. The van der Waals surface area contributed by atoms with Crippen molar-refractivity contribution in [2.45, 2.75) is 31.2 Å². The SMILES string of the molecule is CC(NC(=O)c1ccc(-c2cnc3ncc(C4(c5ccc6ncccc6c5)CC4)n3c2)cc1Cl)c1ccccn1. The molecule has 4 aromatic heterocycles. The van der Waals surface area contributed by atoms with Crippen LogP contribution in [0.2, 0.25) is 5.02 Å². The van der Waals surface area contributed by atoms with E-state index in [0.717, 1.165) is 46.3 Å². The van der Waals surface area contributed by atoms with E-state index >= 15 is 0 Å². The van der Waals surface area contributed by atoms with Crippen molar-refractivity contribution >= 4 is 34.2 Å². The number of amides is 1. The van der Waals surface area contributed by atoms with E-state index in [1.165, 1.54) is 5.56 Å². The molecule has 7 rings (SSSR count). The first-order valence-corrected chi connectivity index (χ1v) is 13.6. The van der Waals surface area contributed by atoms with Crippen LogP contribution in [0.25, 0.3) is 27.8 Å². The molecule has 4 heterocycles. The fourth-order valence-corrected chi connectivity index (χ4v) is 5.69. The van der Waals surface area contributed by atoms with Gasteiger partial charge in [0.05, 0.1) is 39.7 Å². The Morgan fingerprint density at radius 1 is 0.925 bits per heavy atom. The Morgan fingerprint density at radius 2 is 1.77 bits per heavy atom. The summed E-state index contributed by atoms with van der Waals surface area (Å²) in [4.78, 5) is 31.0. The maximum atomic E-state index is 13.0. The standard InChI is InChI=1S/C32H25ClN6O/c1-20(27-6-2-3-13-34-27)38-30(40)25-9-7-21(16-26(25)33)23-17-36-31-37-18-29(39(31)19-23)32(11-12-32)24-8-10-28-22(15-24)5-4-14-35-28/h2-10,13-20H,11-12H2,1H3,(H,38,40). The summed E-state index contributed by atoms with van der Waals surface area (Å²) in [5.74, 6) is 0.402. The molecule has 1 N–H and O–H groups in total. The van der Waals surface area contributed by atoms with Gasteiger partial charge in [0.2, 0.25) is 5.78 Å². The molecule has 2 aromatic carbocycles. The molecule has 0 spiro atoms. The third-order valence-corrected chi connectivity index (χ3v) is 8.10. The number of imidazole rings is 1. The Bertz CT molecular complexity index is 1900. The van der Waals surface area contributed by atoms with Crippen LogP contribution >= 0.6 is 11.6 Å². The van der Waals surface area contributed by atoms with Gasteiger partial charge in [0.25, 0.3) is 5.91 Å². The molecule has 1 atom stereocenters. The normalized spacial score (nSPS) is 14.8. The molecule has 1 unspecified atom stereocenters. The molecule has 6 aromatic rings. The van der Waals surface area contributed by atoms with Gasteiger partial charge in [-0.15, -0.1) is 0 Å². The van der Waals surface area contributed by atoms with E-state index in [2.05, 4.69) is 60.1 Å². The van der Waals surface area contributed by atoms with Gasteiger partial charge in [-0.1, -0.05) is 35.9 Å². The van der Waals surface area contributed by atoms with Crippen LogP contribution < -0.4 is 5.32 Å². The number of fused-ring (bicyclic) bond motifs is 2. The van der Waals surface area contributed by atoms with Crippen molar-refractivity contribution in [2.24, 2.45) is 0 Å². The average molecular weight is 545 g/mol. The summed E-state index contributed by atoms with van der Waals surface area (Å²) < 4.78 is 2.08. The third kappa shape index (κ3) is 4.19. The van der Waals surface area contributed by atoms with Gasteiger partial charge >= 0.3 is 0 Å². The van der Waals surface area contributed by atoms with Crippen LogP contribution in [0.15, 0.2) is 97.7 Å². The maximum Gasteiger partial charge on any atom is 0.253 e. The monoisotopic (exact) mass is 544 g/mol. The first kappa shape index (κ1) is 24.4. The van der Waals surface area contributed by atoms with Gasteiger partial charge in [0.15, 0.2) is 0 Å². The molecule has 0 aliphatic heterocycles. The second kappa shape index (κ2) is 9.54. The van der Waals surface area contributed by atoms with Crippen LogP contribution in [-0.4, -0.2) is 30.2 Å². The first-order chi connectivity index (χ1) is 19.5. The van der Waals surface area contributed by atoms with Crippen molar-refractivity contribution in [3.8, 4) is 11.1 Å². The van der Waals surface area contributed by atoms with Crippen LogP contribution in [0.1, 0.15) is 53.1 Å². The van der Waals surface area contributed by atoms with E-state index in [1.807, 2.05) is 55.7 Å². The van der Waals surface area contributed by atoms with Crippen LogP contribution in [0.4, 0.5) is 0 Å². The molecule has 1 amide bonds. The Balaban J connectivity index is 1.19. The number of halogens is 1. The zero-order valence-corrected chi connectivity index (χ0v) is 22.5. The molecule has 1 fully saturated rings. The summed E-state index contributed by atoms with van der Waals surface area (Å²) in [7, 11) is 0. The lowest BCUT2D eigenvalue weighted by Gasteiger charge is -2.17. The van der Waals surface area contributed by atoms with E-state index in [-0.39, 0.29) is 17.4 Å².